The van der Waals surface area contributed by atoms with E-state index >= 15 is 0 Å². The summed E-state index contributed by atoms with van der Waals surface area (Å²) in [5.41, 5.74) is 2.20. The second kappa shape index (κ2) is 6.49. The minimum Gasteiger partial charge on any atom is -0.508 e. The fourth-order valence-electron chi connectivity index (χ4n) is 4.62. The van der Waals surface area contributed by atoms with E-state index < -0.39 is 5.54 Å². The summed E-state index contributed by atoms with van der Waals surface area (Å²) >= 11 is 0. The van der Waals surface area contributed by atoms with E-state index in [-0.39, 0.29) is 17.4 Å². The molecule has 1 amide bonds. The minimum absolute atomic E-state index is 0.0292. The molecule has 1 spiro atoms. The van der Waals surface area contributed by atoms with Crippen molar-refractivity contribution < 1.29 is 19.7 Å². The summed E-state index contributed by atoms with van der Waals surface area (Å²) in [4.78, 5) is 16.7. The molecule has 0 atom stereocenters. The van der Waals surface area contributed by atoms with Gasteiger partial charge in [0.2, 0.25) is 0 Å². The third-order valence-corrected chi connectivity index (χ3v) is 5.92. The van der Waals surface area contributed by atoms with Crippen LogP contribution in [0, 0.1) is 0 Å². The predicted octanol–water partition coefficient (Wildman–Crippen LogP) is 4.31. The van der Waals surface area contributed by atoms with Crippen LogP contribution < -0.4 is 4.74 Å². The molecule has 0 unspecified atom stereocenters. The van der Waals surface area contributed by atoms with Gasteiger partial charge in [0, 0.05) is 40.6 Å². The largest absolute Gasteiger partial charge is 0.508 e. The molecule has 7 heteroatoms. The van der Waals surface area contributed by atoms with Gasteiger partial charge in [0.05, 0.1) is 11.9 Å². The number of phenols is 2. The summed E-state index contributed by atoms with van der Waals surface area (Å²) in [5, 5.41) is 26.3. The highest BCUT2D eigenvalue weighted by atomic mass is 16.5. The number of amides is 1. The van der Waals surface area contributed by atoms with Gasteiger partial charge in [-0.3, -0.25) is 4.79 Å². The van der Waals surface area contributed by atoms with E-state index in [1.54, 1.807) is 42.7 Å². The zero-order chi connectivity index (χ0) is 21.9. The first-order chi connectivity index (χ1) is 15.6. The Kier molecular flexibility index (Phi) is 3.70. The first kappa shape index (κ1) is 18.3. The van der Waals surface area contributed by atoms with Crippen LogP contribution in [0.2, 0.25) is 0 Å². The molecule has 1 aromatic heterocycles. The topological polar surface area (TPSA) is 98.2 Å². The molecule has 0 bridgehead atoms. The fourth-order valence-corrected chi connectivity index (χ4v) is 4.62. The van der Waals surface area contributed by atoms with Gasteiger partial charge >= 0.3 is 0 Å². The number of aromatic amines is 1. The summed E-state index contributed by atoms with van der Waals surface area (Å²) in [6.07, 6.45) is 3.38. The average molecular weight is 423 g/mol. The number of aromatic hydroxyl groups is 2. The molecule has 0 saturated carbocycles. The van der Waals surface area contributed by atoms with E-state index in [2.05, 4.69) is 10.1 Å². The van der Waals surface area contributed by atoms with Crippen molar-refractivity contribution >= 4 is 12.1 Å². The Morgan fingerprint density at radius 3 is 2.22 bits per heavy atom. The van der Waals surface area contributed by atoms with Gasteiger partial charge in [-0.05, 0) is 42.5 Å². The van der Waals surface area contributed by atoms with Crippen LogP contribution in [-0.2, 0) is 5.54 Å². The molecule has 4 aromatic rings. The van der Waals surface area contributed by atoms with Gasteiger partial charge < -0.3 is 19.9 Å². The number of hydrogen-bond donors (Lipinski definition) is 3. The van der Waals surface area contributed by atoms with E-state index in [0.29, 0.717) is 28.2 Å². The molecule has 2 aliphatic rings. The van der Waals surface area contributed by atoms with Crippen molar-refractivity contribution in [3.05, 3.63) is 107 Å². The molecule has 7 nitrogen and oxygen atoms in total. The van der Waals surface area contributed by atoms with Crippen molar-refractivity contribution in [3.63, 3.8) is 0 Å². The monoisotopic (exact) mass is 423 g/mol. The quantitative estimate of drug-likeness (QED) is 0.419. The summed E-state index contributed by atoms with van der Waals surface area (Å²) in [6.45, 7) is 0. The summed E-state index contributed by atoms with van der Waals surface area (Å²) in [6, 6.07) is 20.7. The average Bonchev–Trinajstić information content (AvgIpc) is 3.38. The van der Waals surface area contributed by atoms with Gasteiger partial charge in [-0.1, -0.05) is 18.2 Å². The minimum atomic E-state index is -1.14. The summed E-state index contributed by atoms with van der Waals surface area (Å²) < 4.78 is 6.06. The molecular weight excluding hydrogens is 406 g/mol. The Morgan fingerprint density at radius 1 is 0.875 bits per heavy atom. The maximum Gasteiger partial charge on any atom is 0.275 e. The molecule has 3 heterocycles. The molecule has 2 aliphatic heterocycles. The first-order valence-electron chi connectivity index (χ1n) is 10.1. The molecule has 6 rings (SSSR count). The third kappa shape index (κ3) is 2.36. The highest BCUT2D eigenvalue weighted by molar-refractivity contribution is 6.02. The van der Waals surface area contributed by atoms with E-state index in [9.17, 15) is 15.0 Å². The molecule has 0 radical (unpaired) electrons. The molecule has 3 N–H and O–H groups in total. The van der Waals surface area contributed by atoms with E-state index in [1.165, 1.54) is 17.1 Å². The number of hydrogen-bond acceptors (Lipinski definition) is 5. The number of nitrogens with one attached hydrogen (secondary N) is 1. The highest BCUT2D eigenvalue weighted by Gasteiger charge is 2.57. The highest BCUT2D eigenvalue weighted by Crippen LogP contribution is 2.58. The van der Waals surface area contributed by atoms with Crippen LogP contribution in [0.15, 0.2) is 84.1 Å². The summed E-state index contributed by atoms with van der Waals surface area (Å²) in [7, 11) is 0. The van der Waals surface area contributed by atoms with Gasteiger partial charge in [0.25, 0.3) is 5.91 Å². The molecule has 156 valence electrons. The molecular formula is C25H17N3O4. The standard InChI is InChI=1S/C25H17N3O4/c29-16-7-9-20-22(12-16)32-23-13-17(30)8-10-21(23)25(20)19-6-2-1-5-18(19)24(31)28(25)27-14-15-4-3-11-26-15/h1-14,26,29-30H/b27-14+. The number of rotatable bonds is 2. The number of carbonyl (C=O) groups excluding carboxylic acids is 1. The van der Waals surface area contributed by atoms with Crippen LogP contribution in [0.1, 0.15) is 32.7 Å². The van der Waals surface area contributed by atoms with Crippen LogP contribution >= 0.6 is 0 Å². The van der Waals surface area contributed by atoms with Gasteiger partial charge in [-0.25, -0.2) is 5.01 Å². The Morgan fingerprint density at radius 2 is 1.56 bits per heavy atom. The molecule has 3 aromatic carbocycles. The SMILES string of the molecule is O=C1c2ccccc2C2(c3ccc(O)cc3Oc3cc(O)ccc32)N1/N=C/c1ccc[nH]1. The maximum atomic E-state index is 13.6. The van der Waals surface area contributed by atoms with Crippen molar-refractivity contribution in [1.82, 2.24) is 9.99 Å². The number of nitrogens with zero attached hydrogens (tertiary/aromatic N) is 2. The number of aromatic nitrogens is 1. The van der Waals surface area contributed by atoms with Crippen LogP contribution in [-0.4, -0.2) is 32.3 Å². The second-order valence-corrected chi connectivity index (χ2v) is 7.71. The number of fused-ring (bicyclic) bond motifs is 6. The fraction of sp³-hybridized carbons (Fsp3) is 0.0400. The van der Waals surface area contributed by atoms with Crippen LogP contribution in [0.25, 0.3) is 0 Å². The zero-order valence-corrected chi connectivity index (χ0v) is 16.7. The van der Waals surface area contributed by atoms with Crippen molar-refractivity contribution in [2.75, 3.05) is 0 Å². The van der Waals surface area contributed by atoms with E-state index in [4.69, 9.17) is 4.74 Å². The number of phenolic OH excluding ortho intramolecular Hbond substituents is 2. The van der Waals surface area contributed by atoms with Crippen LogP contribution in [0.4, 0.5) is 0 Å². The first-order valence-corrected chi connectivity index (χ1v) is 10.1. The Balaban J connectivity index is 1.71. The molecule has 32 heavy (non-hydrogen) atoms. The molecule has 0 aliphatic carbocycles. The van der Waals surface area contributed by atoms with Crippen molar-refractivity contribution in [2.24, 2.45) is 5.10 Å². The Hall–Kier alpha value is -4.52. The lowest BCUT2D eigenvalue weighted by atomic mass is 9.75. The molecule has 0 saturated heterocycles. The number of H-pyrrole nitrogens is 1. The van der Waals surface area contributed by atoms with Crippen molar-refractivity contribution in [3.8, 4) is 23.0 Å². The zero-order valence-electron chi connectivity index (χ0n) is 16.7. The third-order valence-electron chi connectivity index (χ3n) is 5.92. The summed E-state index contributed by atoms with van der Waals surface area (Å²) in [5.74, 6) is 0.562. The van der Waals surface area contributed by atoms with Crippen LogP contribution in [0.3, 0.4) is 0 Å². The van der Waals surface area contributed by atoms with Gasteiger partial charge in [0.15, 0.2) is 0 Å². The van der Waals surface area contributed by atoms with E-state index in [1.807, 2.05) is 30.3 Å². The second-order valence-electron chi connectivity index (χ2n) is 7.71. The predicted molar refractivity (Wildman–Crippen MR) is 117 cm³/mol. The lowest BCUT2D eigenvalue weighted by Crippen LogP contribution is -2.44. The van der Waals surface area contributed by atoms with Gasteiger partial charge in [0.1, 0.15) is 28.5 Å². The van der Waals surface area contributed by atoms with E-state index in [0.717, 1.165) is 11.3 Å². The Labute approximate surface area is 182 Å². The number of benzene rings is 3. The number of ether oxygens (including phenoxy) is 1. The lowest BCUT2D eigenvalue weighted by molar-refractivity contribution is 0.0675. The normalized spacial score (nSPS) is 15.5. The number of hydrazone groups is 1. The maximum absolute atomic E-state index is 13.6. The van der Waals surface area contributed by atoms with Crippen molar-refractivity contribution in [2.45, 2.75) is 5.54 Å². The van der Waals surface area contributed by atoms with Crippen molar-refractivity contribution in [1.29, 1.82) is 0 Å². The Bertz CT molecular complexity index is 1360. The van der Waals surface area contributed by atoms with Gasteiger partial charge in [-0.2, -0.15) is 5.10 Å². The van der Waals surface area contributed by atoms with Crippen LogP contribution in [0.5, 0.6) is 23.0 Å². The molecule has 0 fully saturated rings. The lowest BCUT2D eigenvalue weighted by Gasteiger charge is -2.41. The smallest absolute Gasteiger partial charge is 0.275 e. The van der Waals surface area contributed by atoms with Gasteiger partial charge in [-0.15, -0.1) is 0 Å². The number of carbonyl (C=O) groups is 1.